The number of hydrogen-bond donors (Lipinski definition) is 0. The molecule has 0 N–H and O–H groups in total. The fourth-order valence-electron chi connectivity index (χ4n) is 5.92. The Labute approximate surface area is 264 Å². The number of amides is 2. The van der Waals surface area contributed by atoms with Crippen LogP contribution in [0, 0.1) is 12.5 Å². The van der Waals surface area contributed by atoms with Gasteiger partial charge in [-0.15, -0.1) is 0 Å². The maximum Gasteiger partial charge on any atom is 0.410 e. The Balaban J connectivity index is 1.53. The summed E-state index contributed by atoms with van der Waals surface area (Å²) in [7, 11) is -1.24. The predicted molar refractivity (Wildman–Crippen MR) is 168 cm³/mol. The summed E-state index contributed by atoms with van der Waals surface area (Å²) < 4.78 is 53.3. The molecule has 3 heterocycles. The number of fused-ring (bicyclic) bond motifs is 3. The highest BCUT2D eigenvalue weighted by molar-refractivity contribution is 6.76. The van der Waals surface area contributed by atoms with Gasteiger partial charge in [0, 0.05) is 45.0 Å². The maximum atomic E-state index is 13.4. The smallest absolute Gasteiger partial charge is 0.410 e. The van der Waals surface area contributed by atoms with E-state index in [0.717, 1.165) is 22.0 Å². The van der Waals surface area contributed by atoms with E-state index in [2.05, 4.69) is 34.4 Å². The van der Waals surface area contributed by atoms with Crippen molar-refractivity contribution in [3.05, 3.63) is 35.4 Å². The zero-order valence-corrected chi connectivity index (χ0v) is 28.1. The van der Waals surface area contributed by atoms with Gasteiger partial charge >= 0.3 is 12.3 Å². The second-order valence-corrected chi connectivity index (χ2v) is 19.9. The molecule has 14 heteroatoms. The summed E-state index contributed by atoms with van der Waals surface area (Å²) in [5.74, 6) is -0.382. The molecular weight excluding hydrogens is 605 g/mol. The minimum absolute atomic E-state index is 0.0131. The lowest BCUT2D eigenvalue weighted by Crippen LogP contribution is -2.52. The van der Waals surface area contributed by atoms with Crippen molar-refractivity contribution >= 4 is 36.8 Å². The van der Waals surface area contributed by atoms with Crippen LogP contribution in [-0.2, 0) is 16.2 Å². The fraction of sp³-hybridized carbons (Fsp3) is 0.677. The molecule has 248 valence electrons. The molecule has 0 spiro atoms. The second-order valence-electron chi connectivity index (χ2n) is 14.3. The van der Waals surface area contributed by atoms with Crippen LogP contribution in [0.15, 0.2) is 18.5 Å². The molecular formula is C31H45F3N6O4Si. The summed E-state index contributed by atoms with van der Waals surface area (Å²) in [6, 6.07) is 2.97. The number of carbonyl (C=O) groups is 2. The van der Waals surface area contributed by atoms with Gasteiger partial charge in [0.1, 0.15) is 31.2 Å². The normalized spacial score (nSPS) is 19.4. The second kappa shape index (κ2) is 13.6. The van der Waals surface area contributed by atoms with Crippen LogP contribution in [0.3, 0.4) is 0 Å². The zero-order chi connectivity index (χ0) is 33.2. The molecule has 1 aliphatic heterocycles. The number of nitrogens with zero attached hydrogens (tertiary/aromatic N) is 6. The van der Waals surface area contributed by atoms with Crippen molar-refractivity contribution < 1.29 is 32.2 Å². The number of anilines is 1. The molecule has 0 bridgehead atoms. The molecule has 0 unspecified atom stereocenters. The standard InChI is InChI=1S/C31H45F3N6O4Si/c1-30(2,3)44-29(42)38(18-31(32,33)34)17-22-8-10-23(11-9-22)40-20-39(19-35-4)28(41)25-16-36-27-24(26(25)40)12-13-37(27)21-43-14-15-45(5,6)7/h12-13,16,22-23H,8-11,14-15,17-21H2,1-3,5-7H3. The van der Waals surface area contributed by atoms with Gasteiger partial charge in [-0.2, -0.15) is 13.2 Å². The van der Waals surface area contributed by atoms with Crippen LogP contribution < -0.4 is 4.90 Å². The summed E-state index contributed by atoms with van der Waals surface area (Å²) in [6.07, 6.45) is 0.483. The van der Waals surface area contributed by atoms with E-state index in [-0.39, 0.29) is 37.7 Å². The van der Waals surface area contributed by atoms with E-state index < -0.39 is 32.5 Å². The van der Waals surface area contributed by atoms with Gasteiger partial charge in [-0.05, 0) is 64.5 Å². The van der Waals surface area contributed by atoms with E-state index in [1.54, 1.807) is 27.0 Å². The van der Waals surface area contributed by atoms with Crippen LogP contribution in [0.5, 0.6) is 0 Å². The molecule has 1 fully saturated rings. The quantitative estimate of drug-likeness (QED) is 0.160. The molecule has 0 aromatic carbocycles. The zero-order valence-electron chi connectivity index (χ0n) is 27.1. The molecule has 1 aliphatic carbocycles. The first-order valence-corrected chi connectivity index (χ1v) is 19.2. The number of alkyl halides is 3. The first-order chi connectivity index (χ1) is 21.0. The van der Waals surface area contributed by atoms with Crippen LogP contribution in [0.25, 0.3) is 15.9 Å². The monoisotopic (exact) mass is 650 g/mol. The fourth-order valence-corrected chi connectivity index (χ4v) is 6.67. The van der Waals surface area contributed by atoms with Crippen molar-refractivity contribution in [1.29, 1.82) is 0 Å². The number of ether oxygens (including phenoxy) is 2. The predicted octanol–water partition coefficient (Wildman–Crippen LogP) is 6.80. The van der Waals surface area contributed by atoms with E-state index in [9.17, 15) is 22.8 Å². The highest BCUT2D eigenvalue weighted by Crippen LogP contribution is 2.40. The molecule has 2 amide bonds. The highest BCUT2D eigenvalue weighted by atomic mass is 28.3. The van der Waals surface area contributed by atoms with Crippen LogP contribution in [0.1, 0.15) is 56.8 Å². The van der Waals surface area contributed by atoms with Crippen molar-refractivity contribution in [3.63, 3.8) is 0 Å². The number of halogens is 3. The third-order valence-electron chi connectivity index (χ3n) is 8.11. The van der Waals surface area contributed by atoms with Gasteiger partial charge < -0.3 is 18.9 Å². The summed E-state index contributed by atoms with van der Waals surface area (Å²) in [5, 5.41) is 0.820. The summed E-state index contributed by atoms with van der Waals surface area (Å²) in [6.45, 7) is 18.9. The van der Waals surface area contributed by atoms with E-state index in [4.69, 9.17) is 16.0 Å². The molecule has 10 nitrogen and oxygen atoms in total. The molecule has 0 saturated heterocycles. The topological polar surface area (TPSA) is 84.5 Å². The molecule has 2 aliphatic rings. The van der Waals surface area contributed by atoms with Crippen molar-refractivity contribution in [2.45, 2.75) is 96.7 Å². The number of hydrogen-bond acceptors (Lipinski definition) is 6. The maximum absolute atomic E-state index is 13.4. The van der Waals surface area contributed by atoms with Gasteiger partial charge in [0.15, 0.2) is 0 Å². The first-order valence-electron chi connectivity index (χ1n) is 15.4. The van der Waals surface area contributed by atoms with Crippen LogP contribution in [-0.4, -0.2) is 90.3 Å². The molecule has 1 saturated carbocycles. The van der Waals surface area contributed by atoms with Crippen LogP contribution in [0.4, 0.5) is 23.7 Å². The lowest BCUT2D eigenvalue weighted by Gasteiger charge is -2.44. The Morgan fingerprint density at radius 1 is 1.18 bits per heavy atom. The van der Waals surface area contributed by atoms with Gasteiger partial charge in [-0.3, -0.25) is 19.4 Å². The Bertz CT molecular complexity index is 1400. The Morgan fingerprint density at radius 2 is 1.87 bits per heavy atom. The molecule has 0 radical (unpaired) electrons. The van der Waals surface area contributed by atoms with E-state index in [1.807, 2.05) is 16.8 Å². The Morgan fingerprint density at radius 3 is 2.47 bits per heavy atom. The van der Waals surface area contributed by atoms with Gasteiger partial charge in [-0.25, -0.2) is 16.4 Å². The third-order valence-corrected chi connectivity index (χ3v) is 9.82. The highest BCUT2D eigenvalue weighted by Gasteiger charge is 2.40. The minimum Gasteiger partial charge on any atom is -0.444 e. The van der Waals surface area contributed by atoms with Crippen molar-refractivity contribution in [3.8, 4) is 0 Å². The van der Waals surface area contributed by atoms with Gasteiger partial charge in [0.2, 0.25) is 0 Å². The molecule has 4 rings (SSSR count). The molecule has 2 aromatic heterocycles. The van der Waals surface area contributed by atoms with E-state index in [0.29, 0.717) is 50.2 Å². The molecule has 45 heavy (non-hydrogen) atoms. The van der Waals surface area contributed by atoms with Gasteiger partial charge in [0.25, 0.3) is 12.6 Å². The Hall–Kier alpha value is -3.31. The summed E-state index contributed by atoms with van der Waals surface area (Å²) in [4.78, 5) is 38.5. The average molecular weight is 651 g/mol. The van der Waals surface area contributed by atoms with E-state index in [1.165, 1.54) is 4.90 Å². The SMILES string of the molecule is [C-]#[N+]CN1CN(C2CCC(CN(CC(F)(F)F)C(=O)OC(C)(C)C)CC2)c2c(cnc3c2ccn3COCC[Si](C)(C)C)C1=O. The van der Waals surface area contributed by atoms with Crippen molar-refractivity contribution in [1.82, 2.24) is 19.4 Å². The Kier molecular flexibility index (Phi) is 10.4. The first kappa shape index (κ1) is 34.6. The number of aromatic nitrogens is 2. The van der Waals surface area contributed by atoms with Crippen molar-refractivity contribution in [2.24, 2.45) is 5.92 Å². The largest absolute Gasteiger partial charge is 0.444 e. The lowest BCUT2D eigenvalue weighted by atomic mass is 9.84. The van der Waals surface area contributed by atoms with Crippen LogP contribution in [0.2, 0.25) is 25.7 Å². The van der Waals surface area contributed by atoms with Crippen LogP contribution >= 0.6 is 0 Å². The average Bonchev–Trinajstić information content (AvgIpc) is 3.34. The van der Waals surface area contributed by atoms with Gasteiger partial charge in [-0.1, -0.05) is 19.6 Å². The number of rotatable bonds is 10. The number of pyridine rings is 1. The van der Waals surface area contributed by atoms with Gasteiger partial charge in [0.05, 0.1) is 11.3 Å². The number of carbonyl (C=O) groups excluding carboxylic acids is 2. The molecule has 0 atom stereocenters. The third kappa shape index (κ3) is 9.13. The molecule has 2 aromatic rings. The summed E-state index contributed by atoms with van der Waals surface area (Å²) >= 11 is 0. The lowest BCUT2D eigenvalue weighted by molar-refractivity contribution is -0.146. The van der Waals surface area contributed by atoms with E-state index >= 15 is 0 Å². The van der Waals surface area contributed by atoms with Crippen molar-refractivity contribution in [2.75, 3.05) is 37.9 Å². The summed E-state index contributed by atoms with van der Waals surface area (Å²) in [5.41, 5.74) is 0.988. The minimum atomic E-state index is -4.54.